The molecule has 26 heavy (non-hydrogen) atoms. The van der Waals surface area contributed by atoms with Gasteiger partial charge in [-0.3, -0.25) is 0 Å². The van der Waals surface area contributed by atoms with E-state index in [4.69, 9.17) is 0 Å². The highest BCUT2D eigenvalue weighted by Crippen LogP contribution is 2.27. The van der Waals surface area contributed by atoms with E-state index in [1.807, 2.05) is 28.8 Å². The van der Waals surface area contributed by atoms with Gasteiger partial charge in [0.1, 0.15) is 5.69 Å². The van der Waals surface area contributed by atoms with E-state index in [9.17, 15) is 9.90 Å². The first kappa shape index (κ1) is 16.4. The van der Waals surface area contributed by atoms with E-state index in [0.717, 1.165) is 21.9 Å². The molecule has 4 rings (SSSR count). The van der Waals surface area contributed by atoms with Gasteiger partial charge in [0.25, 0.3) is 0 Å². The first-order valence-corrected chi connectivity index (χ1v) is 8.87. The molecular formula is C23H21NO2. The fourth-order valence-electron chi connectivity index (χ4n) is 3.60. The maximum Gasteiger partial charge on any atom is 0.352 e. The van der Waals surface area contributed by atoms with E-state index in [0.29, 0.717) is 18.2 Å². The predicted octanol–water partition coefficient (Wildman–Crippen LogP) is 5.66. The van der Waals surface area contributed by atoms with Crippen LogP contribution in [0.15, 0.2) is 66.7 Å². The molecule has 0 aliphatic heterocycles. The van der Waals surface area contributed by atoms with Crippen LogP contribution in [0.3, 0.4) is 0 Å². The number of rotatable bonds is 4. The van der Waals surface area contributed by atoms with Crippen molar-refractivity contribution < 1.29 is 9.90 Å². The number of carbonyl (C=O) groups is 1. The number of nitrogens with zero attached hydrogens (tertiary/aromatic N) is 1. The minimum atomic E-state index is -0.896. The molecule has 0 amide bonds. The van der Waals surface area contributed by atoms with Crippen LogP contribution < -0.4 is 0 Å². The molecule has 0 aliphatic carbocycles. The smallest absolute Gasteiger partial charge is 0.352 e. The molecule has 130 valence electrons. The lowest BCUT2D eigenvalue weighted by Gasteiger charge is -2.12. The van der Waals surface area contributed by atoms with Crippen LogP contribution in [0.2, 0.25) is 0 Å². The summed E-state index contributed by atoms with van der Waals surface area (Å²) < 4.78 is 1.91. The number of carboxylic acids is 1. The van der Waals surface area contributed by atoms with Gasteiger partial charge in [-0.25, -0.2) is 4.79 Å². The van der Waals surface area contributed by atoms with Gasteiger partial charge in [-0.05, 0) is 46.0 Å². The van der Waals surface area contributed by atoms with E-state index >= 15 is 0 Å². The number of aromatic nitrogens is 1. The van der Waals surface area contributed by atoms with E-state index < -0.39 is 5.97 Å². The minimum Gasteiger partial charge on any atom is -0.477 e. The Hall–Kier alpha value is -3.07. The summed E-state index contributed by atoms with van der Waals surface area (Å²) in [5.41, 5.74) is 3.63. The normalized spacial score (nSPS) is 11.5. The summed E-state index contributed by atoms with van der Waals surface area (Å²) in [5.74, 6) is -0.485. The number of benzene rings is 3. The van der Waals surface area contributed by atoms with Crippen LogP contribution in [0.4, 0.5) is 0 Å². The SMILES string of the molecule is CC(C)c1ccc2c(c1)cc(C(=O)O)n2Cc1cccc2ccccc12. The lowest BCUT2D eigenvalue weighted by molar-refractivity contribution is 0.0686. The van der Waals surface area contributed by atoms with Crippen LogP contribution in [-0.2, 0) is 6.54 Å². The highest BCUT2D eigenvalue weighted by molar-refractivity contribution is 5.95. The summed E-state index contributed by atoms with van der Waals surface area (Å²) in [4.78, 5) is 11.8. The Bertz CT molecular complexity index is 1120. The van der Waals surface area contributed by atoms with Gasteiger partial charge in [-0.15, -0.1) is 0 Å². The summed E-state index contributed by atoms with van der Waals surface area (Å²) in [6.45, 7) is 4.83. The third-order valence-corrected chi connectivity index (χ3v) is 5.02. The average molecular weight is 343 g/mol. The second-order valence-corrected chi connectivity index (χ2v) is 7.03. The monoisotopic (exact) mass is 343 g/mol. The molecule has 0 fully saturated rings. The van der Waals surface area contributed by atoms with Crippen LogP contribution in [0.5, 0.6) is 0 Å². The Balaban J connectivity index is 1.89. The molecule has 3 nitrogen and oxygen atoms in total. The lowest BCUT2D eigenvalue weighted by Crippen LogP contribution is -2.09. The largest absolute Gasteiger partial charge is 0.477 e. The first-order chi connectivity index (χ1) is 12.5. The molecule has 0 aliphatic rings. The Morgan fingerprint density at radius 1 is 0.962 bits per heavy atom. The number of aromatic carboxylic acids is 1. The molecule has 1 N–H and O–H groups in total. The molecule has 3 aromatic carbocycles. The highest BCUT2D eigenvalue weighted by atomic mass is 16.4. The van der Waals surface area contributed by atoms with Crippen molar-refractivity contribution in [2.45, 2.75) is 26.3 Å². The van der Waals surface area contributed by atoms with Crippen LogP contribution in [0.25, 0.3) is 21.7 Å². The third-order valence-electron chi connectivity index (χ3n) is 5.02. The lowest BCUT2D eigenvalue weighted by atomic mass is 10.0. The summed E-state index contributed by atoms with van der Waals surface area (Å²) in [6, 6.07) is 22.4. The molecule has 0 radical (unpaired) electrons. The summed E-state index contributed by atoms with van der Waals surface area (Å²) in [5, 5.41) is 13.0. The molecule has 0 bridgehead atoms. The number of carboxylic acid groups (broad SMARTS) is 1. The van der Waals surface area contributed by atoms with E-state index in [1.165, 1.54) is 10.9 Å². The van der Waals surface area contributed by atoms with Crippen LogP contribution in [0, 0.1) is 0 Å². The predicted molar refractivity (Wildman–Crippen MR) is 106 cm³/mol. The van der Waals surface area contributed by atoms with Gasteiger partial charge in [0, 0.05) is 17.4 Å². The van der Waals surface area contributed by atoms with Crippen molar-refractivity contribution in [1.82, 2.24) is 4.57 Å². The van der Waals surface area contributed by atoms with Gasteiger partial charge in [-0.1, -0.05) is 62.4 Å². The van der Waals surface area contributed by atoms with Crippen molar-refractivity contribution in [2.75, 3.05) is 0 Å². The van der Waals surface area contributed by atoms with Gasteiger partial charge in [0.2, 0.25) is 0 Å². The van der Waals surface area contributed by atoms with E-state index in [-0.39, 0.29) is 0 Å². The Labute approximate surface area is 152 Å². The molecule has 0 saturated heterocycles. The summed E-state index contributed by atoms with van der Waals surface area (Å²) in [6.07, 6.45) is 0. The van der Waals surface area contributed by atoms with Gasteiger partial charge in [-0.2, -0.15) is 0 Å². The zero-order chi connectivity index (χ0) is 18.3. The first-order valence-electron chi connectivity index (χ1n) is 8.87. The maximum absolute atomic E-state index is 11.8. The second kappa shape index (κ2) is 6.34. The van der Waals surface area contributed by atoms with Crippen molar-refractivity contribution in [3.8, 4) is 0 Å². The van der Waals surface area contributed by atoms with Crippen LogP contribution >= 0.6 is 0 Å². The molecule has 1 aromatic heterocycles. The fraction of sp³-hybridized carbons (Fsp3) is 0.174. The molecule has 4 aromatic rings. The number of hydrogen-bond donors (Lipinski definition) is 1. The molecule has 3 heteroatoms. The van der Waals surface area contributed by atoms with E-state index in [1.54, 1.807) is 6.07 Å². The Morgan fingerprint density at radius 2 is 1.73 bits per heavy atom. The van der Waals surface area contributed by atoms with Gasteiger partial charge in [0.05, 0.1) is 0 Å². The quantitative estimate of drug-likeness (QED) is 0.519. The van der Waals surface area contributed by atoms with Crippen molar-refractivity contribution in [3.05, 3.63) is 83.6 Å². The number of fused-ring (bicyclic) bond motifs is 2. The second-order valence-electron chi connectivity index (χ2n) is 7.03. The minimum absolute atomic E-state index is 0.328. The highest BCUT2D eigenvalue weighted by Gasteiger charge is 2.16. The van der Waals surface area contributed by atoms with Crippen molar-refractivity contribution in [2.24, 2.45) is 0 Å². The standard InChI is InChI=1S/C23H21NO2/c1-15(2)17-10-11-21-19(12-17)13-22(23(25)26)24(21)14-18-8-5-7-16-6-3-4-9-20(16)18/h3-13,15H,14H2,1-2H3,(H,25,26). The third kappa shape index (κ3) is 2.76. The Morgan fingerprint density at radius 3 is 2.50 bits per heavy atom. The molecule has 0 unspecified atom stereocenters. The van der Waals surface area contributed by atoms with Crippen LogP contribution in [0.1, 0.15) is 41.4 Å². The molecule has 0 atom stereocenters. The zero-order valence-electron chi connectivity index (χ0n) is 14.9. The number of hydrogen-bond acceptors (Lipinski definition) is 1. The molecular weight excluding hydrogens is 322 g/mol. The van der Waals surface area contributed by atoms with Crippen molar-refractivity contribution in [3.63, 3.8) is 0 Å². The molecule has 0 spiro atoms. The molecule has 1 heterocycles. The molecule has 0 saturated carbocycles. The van der Waals surface area contributed by atoms with Crippen molar-refractivity contribution >= 4 is 27.6 Å². The van der Waals surface area contributed by atoms with Gasteiger partial charge in [0.15, 0.2) is 0 Å². The topological polar surface area (TPSA) is 42.2 Å². The van der Waals surface area contributed by atoms with Gasteiger partial charge >= 0.3 is 5.97 Å². The zero-order valence-corrected chi connectivity index (χ0v) is 14.9. The van der Waals surface area contributed by atoms with Crippen molar-refractivity contribution in [1.29, 1.82) is 0 Å². The fourth-order valence-corrected chi connectivity index (χ4v) is 3.60. The summed E-state index contributed by atoms with van der Waals surface area (Å²) in [7, 11) is 0. The Kier molecular flexibility index (Phi) is 4.00. The van der Waals surface area contributed by atoms with Gasteiger partial charge < -0.3 is 9.67 Å². The van der Waals surface area contributed by atoms with E-state index in [2.05, 4.69) is 50.2 Å². The maximum atomic E-state index is 11.8. The average Bonchev–Trinajstić information content (AvgIpc) is 3.00. The summed E-state index contributed by atoms with van der Waals surface area (Å²) >= 11 is 0. The van der Waals surface area contributed by atoms with Crippen LogP contribution in [-0.4, -0.2) is 15.6 Å².